The summed E-state index contributed by atoms with van der Waals surface area (Å²) in [5.41, 5.74) is -1.24. The summed E-state index contributed by atoms with van der Waals surface area (Å²) in [5.74, 6) is -3.42. The third kappa shape index (κ3) is 12.7. The maximum atomic E-state index is 15.8. The number of hydrogen-bond donors (Lipinski definition) is 0. The monoisotopic (exact) mass is 814 g/mol. The number of rotatable bonds is 14. The van der Waals surface area contributed by atoms with Crippen molar-refractivity contribution in [2.24, 2.45) is 0 Å². The molecule has 0 unspecified atom stereocenters. The third-order valence-corrected chi connectivity index (χ3v) is 10.1. The van der Waals surface area contributed by atoms with Crippen LogP contribution in [0.25, 0.3) is 6.08 Å². The van der Waals surface area contributed by atoms with Crippen molar-refractivity contribution in [3.05, 3.63) is 136 Å². The fourth-order valence-corrected chi connectivity index (χ4v) is 7.22. The van der Waals surface area contributed by atoms with Crippen molar-refractivity contribution in [2.75, 3.05) is 13.2 Å². The molecule has 2 heterocycles. The maximum Gasteiger partial charge on any atom is 1.00 e. The van der Waals surface area contributed by atoms with E-state index >= 15 is 4.39 Å². The minimum Gasteiger partial charge on any atom is -0.790 e. The molecule has 0 amide bonds. The van der Waals surface area contributed by atoms with E-state index in [1.165, 1.54) is 65.5 Å². The van der Waals surface area contributed by atoms with Crippen LogP contribution in [-0.2, 0) is 42.1 Å². The van der Waals surface area contributed by atoms with Gasteiger partial charge < -0.3 is 33.1 Å². The first-order valence-electron chi connectivity index (χ1n) is 16.0. The Morgan fingerprint density at radius 1 is 1.13 bits per heavy atom. The molecule has 0 bridgehead atoms. The third-order valence-electron chi connectivity index (χ3n) is 8.25. The van der Waals surface area contributed by atoms with E-state index in [9.17, 15) is 27.9 Å². The Morgan fingerprint density at radius 3 is 2.51 bits per heavy atom. The molecule has 19 heteroatoms. The average Bonchev–Trinajstić information content (AvgIpc) is 3.63. The number of nitrogens with zero attached hydrogens (tertiary/aromatic N) is 4. The minimum absolute atomic E-state index is 0. The van der Waals surface area contributed by atoms with Gasteiger partial charge >= 0.3 is 65.1 Å². The van der Waals surface area contributed by atoms with Gasteiger partial charge in [-0.1, -0.05) is 36.4 Å². The van der Waals surface area contributed by atoms with Gasteiger partial charge in [-0.15, -0.1) is 11.8 Å². The van der Waals surface area contributed by atoms with Crippen LogP contribution >= 0.6 is 19.6 Å². The summed E-state index contributed by atoms with van der Waals surface area (Å²) in [6.07, 6.45) is 8.19. The molecule has 0 aliphatic carbocycles. The molecule has 4 aromatic rings. The number of benzene rings is 3. The molecule has 1 aliphatic heterocycles. The van der Waals surface area contributed by atoms with E-state index < -0.39 is 55.0 Å². The van der Waals surface area contributed by atoms with Crippen LogP contribution in [0.2, 0.25) is 0 Å². The number of phosphoric acid groups is 1. The zero-order chi connectivity index (χ0) is 38.2. The first kappa shape index (κ1) is 46.8. The second kappa shape index (κ2) is 21.2. The van der Waals surface area contributed by atoms with Crippen LogP contribution < -0.4 is 68.9 Å². The Bertz CT molecular complexity index is 2080. The summed E-state index contributed by atoms with van der Waals surface area (Å²) < 4.78 is 79.3. The number of halogens is 3. The van der Waals surface area contributed by atoms with E-state index in [0.717, 1.165) is 12.1 Å². The van der Waals surface area contributed by atoms with Crippen LogP contribution in [0.3, 0.4) is 0 Å². The van der Waals surface area contributed by atoms with Gasteiger partial charge in [0.2, 0.25) is 0 Å². The zero-order valence-electron chi connectivity index (χ0n) is 30.3. The Balaban J connectivity index is 0.00000406. The van der Waals surface area contributed by atoms with Gasteiger partial charge in [0.05, 0.1) is 56.6 Å². The van der Waals surface area contributed by atoms with Crippen molar-refractivity contribution >= 4 is 31.6 Å². The molecule has 3 aromatic carbocycles. The molecule has 5 rings (SSSR count). The van der Waals surface area contributed by atoms with Gasteiger partial charge in [-0.3, -0.25) is 0 Å². The van der Waals surface area contributed by atoms with Crippen molar-refractivity contribution < 1.29 is 110 Å². The molecule has 1 aromatic heterocycles. The van der Waals surface area contributed by atoms with Crippen molar-refractivity contribution in [1.82, 2.24) is 14.8 Å². The first-order valence-corrected chi connectivity index (χ1v) is 18.4. The topological polar surface area (TPSA) is 172 Å². The fraction of sp³-hybridized carbons (Fsp3) is 0.278. The molecule has 0 spiro atoms. The van der Waals surface area contributed by atoms with Crippen LogP contribution in [0, 0.1) is 35.7 Å². The molecule has 1 saturated heterocycles. The van der Waals surface area contributed by atoms with E-state index in [4.69, 9.17) is 19.5 Å². The first-order chi connectivity index (χ1) is 25.3. The predicted molar refractivity (Wildman–Crippen MR) is 183 cm³/mol. The minimum atomic E-state index is -5.42. The number of carbonyl (C=O) groups excluding carboxylic acids is 1. The molecule has 0 radical (unpaired) electrons. The summed E-state index contributed by atoms with van der Waals surface area (Å²) in [5, 5.41) is 11.9. The summed E-state index contributed by atoms with van der Waals surface area (Å²) in [6.45, 7) is 2.54. The van der Waals surface area contributed by atoms with Gasteiger partial charge in [-0.2, -0.15) is 10.4 Å². The smallest absolute Gasteiger partial charge is 0.790 e. The second-order valence-corrected chi connectivity index (χ2v) is 14.6. The van der Waals surface area contributed by atoms with Gasteiger partial charge in [0.1, 0.15) is 30.1 Å². The van der Waals surface area contributed by atoms with E-state index in [1.807, 2.05) is 6.07 Å². The van der Waals surface area contributed by atoms with Gasteiger partial charge in [-0.25, -0.2) is 27.6 Å². The number of aromatic nitrogens is 3. The summed E-state index contributed by atoms with van der Waals surface area (Å²) >= 11 is 1.25. The SMILES string of the molecule is Cc1cccc(C(=O)O[C@@](Cn2cncn2)(c2ccc(F)cc2F)[C@@H](C)SC2COC(/C=C/C=C/c3ccc(C#N)cc3F)OC2)c1COP(=O)([O-])[O-].[Na+].[Na+]. The Labute approximate surface area is 363 Å². The Kier molecular flexibility index (Phi) is 18.1. The second-order valence-electron chi connectivity index (χ2n) is 11.8. The van der Waals surface area contributed by atoms with Crippen LogP contribution in [0.5, 0.6) is 0 Å². The molecular formula is C36H32F3N4Na2O8PS. The number of nitriles is 1. The van der Waals surface area contributed by atoms with E-state index in [-0.39, 0.29) is 106 Å². The molecule has 0 saturated carbocycles. The molecule has 55 heavy (non-hydrogen) atoms. The van der Waals surface area contributed by atoms with Gasteiger partial charge in [0, 0.05) is 22.4 Å². The molecule has 2 atom stereocenters. The molecule has 278 valence electrons. The predicted octanol–water partition coefficient (Wildman–Crippen LogP) is -0.886. The number of thioether (sulfide) groups is 1. The van der Waals surface area contributed by atoms with Gasteiger partial charge in [0.25, 0.3) is 0 Å². The Hall–Kier alpha value is -2.59. The molecule has 12 nitrogen and oxygen atoms in total. The fourth-order valence-electron chi connectivity index (χ4n) is 5.57. The van der Waals surface area contributed by atoms with Crippen LogP contribution in [0.4, 0.5) is 13.2 Å². The number of esters is 1. The van der Waals surface area contributed by atoms with Crippen LogP contribution in [0.1, 0.15) is 45.1 Å². The molecule has 0 N–H and O–H groups in total. The maximum absolute atomic E-state index is 15.8. The van der Waals surface area contributed by atoms with Crippen molar-refractivity contribution in [2.45, 2.75) is 49.4 Å². The summed E-state index contributed by atoms with van der Waals surface area (Å²) in [4.78, 5) is 40.6. The zero-order valence-corrected chi connectivity index (χ0v) is 36.0. The standard InChI is InChI=1S/C36H34F3N4O8PS.2Na/c1-23-6-5-8-29(30(23)19-50-52(45,46)47)35(44)51-36(20-43-22-41-21-42-43,31-13-12-27(37)15-33(31)39)24(2)53-28-17-48-34(49-18-28)9-4-3-7-26-11-10-25(16-40)14-32(26)38;;/h3-15,21-22,24,28,34H,17-20H2,1-2H3,(H2,45,46,47);;/q;2*+1/p-2/b7-3+,9-4+;;/t24-,28?,34?,36-;;/m1../s1. The van der Waals surface area contributed by atoms with E-state index in [0.29, 0.717) is 17.2 Å². The van der Waals surface area contributed by atoms with Crippen molar-refractivity contribution in [1.29, 1.82) is 5.26 Å². The average molecular weight is 815 g/mol. The van der Waals surface area contributed by atoms with Crippen molar-refractivity contribution in [3.8, 4) is 6.07 Å². The van der Waals surface area contributed by atoms with Crippen LogP contribution in [0.15, 0.2) is 85.5 Å². The van der Waals surface area contributed by atoms with Crippen molar-refractivity contribution in [3.63, 3.8) is 0 Å². The largest absolute Gasteiger partial charge is 1.00 e. The quantitative estimate of drug-likeness (QED) is 0.0668. The van der Waals surface area contributed by atoms with Crippen LogP contribution in [-0.4, -0.2) is 50.7 Å². The molecular weight excluding hydrogens is 782 g/mol. The number of aryl methyl sites for hydroxylation is 1. The van der Waals surface area contributed by atoms with E-state index in [1.54, 1.807) is 38.1 Å². The molecule has 1 aliphatic rings. The summed E-state index contributed by atoms with van der Waals surface area (Å²) in [6, 6.07) is 13.3. The Morgan fingerprint density at radius 2 is 1.87 bits per heavy atom. The number of carbonyl (C=O) groups is 1. The number of ether oxygens (including phenoxy) is 3. The molecule has 1 fully saturated rings. The normalized spacial score (nSPS) is 17.5. The number of allylic oxidation sites excluding steroid dienone is 2. The van der Waals surface area contributed by atoms with Gasteiger partial charge in [0.15, 0.2) is 11.9 Å². The number of phosphoric ester groups is 1. The van der Waals surface area contributed by atoms with E-state index in [2.05, 4.69) is 14.6 Å². The van der Waals surface area contributed by atoms with Gasteiger partial charge in [-0.05, 0) is 61.4 Å². The summed E-state index contributed by atoms with van der Waals surface area (Å²) in [7, 11) is -5.42. The number of hydrogen-bond acceptors (Lipinski definition) is 12.